The van der Waals surface area contributed by atoms with Gasteiger partial charge in [-0.05, 0) is 51.2 Å². The molecule has 140 valence electrons. The minimum Gasteiger partial charge on any atom is -0.324 e. The number of rotatable bonds is 8. The van der Waals surface area contributed by atoms with Crippen molar-refractivity contribution in [3.63, 3.8) is 0 Å². The van der Waals surface area contributed by atoms with Crippen LogP contribution in [0, 0.1) is 0 Å². The lowest BCUT2D eigenvalue weighted by Crippen LogP contribution is -2.12. The third kappa shape index (κ3) is 8.28. The second-order valence-electron chi connectivity index (χ2n) is 6.42. The molecule has 0 spiro atoms. The van der Waals surface area contributed by atoms with Crippen LogP contribution in [-0.4, -0.2) is 25.0 Å². The standard InChI is InChI=1S/C17H26O6P2/c1-13(2)5-4-6-14(3)11-15-7-9-16(10-8-15)12-17(24(18,19)20)25(21,22)23/h5,7-11,17H,4,6,12H2,1-3H3,(H2,18,19,20)(H2,21,22,23). The zero-order valence-electron chi connectivity index (χ0n) is 14.7. The highest BCUT2D eigenvalue weighted by molar-refractivity contribution is 7.70. The summed E-state index contributed by atoms with van der Waals surface area (Å²) >= 11 is 0. The first-order chi connectivity index (χ1) is 11.4. The molecule has 0 heterocycles. The second kappa shape index (κ2) is 9.09. The summed E-state index contributed by atoms with van der Waals surface area (Å²) < 4.78 is 22.7. The predicted octanol–water partition coefficient (Wildman–Crippen LogP) is 4.06. The van der Waals surface area contributed by atoms with E-state index in [-0.39, 0.29) is 6.42 Å². The van der Waals surface area contributed by atoms with Gasteiger partial charge in [-0.2, -0.15) is 0 Å². The molecular formula is C17H26O6P2. The van der Waals surface area contributed by atoms with E-state index in [1.807, 2.05) is 13.0 Å². The Bertz CT molecular complexity index is 698. The van der Waals surface area contributed by atoms with Gasteiger partial charge >= 0.3 is 15.2 Å². The molecule has 0 radical (unpaired) electrons. The Morgan fingerprint density at radius 2 is 1.52 bits per heavy atom. The van der Waals surface area contributed by atoms with Gasteiger partial charge < -0.3 is 19.6 Å². The molecule has 0 amide bonds. The van der Waals surface area contributed by atoms with Crippen LogP contribution in [0.3, 0.4) is 0 Å². The molecule has 0 aliphatic carbocycles. The number of hydrogen-bond acceptors (Lipinski definition) is 2. The lowest BCUT2D eigenvalue weighted by atomic mass is 10.0. The van der Waals surface area contributed by atoms with Crippen molar-refractivity contribution < 1.29 is 28.7 Å². The molecule has 6 nitrogen and oxygen atoms in total. The van der Waals surface area contributed by atoms with E-state index >= 15 is 0 Å². The number of hydrogen-bond donors (Lipinski definition) is 4. The molecule has 0 aliphatic rings. The summed E-state index contributed by atoms with van der Waals surface area (Å²) in [7, 11) is -9.80. The van der Waals surface area contributed by atoms with Gasteiger partial charge in [-0.15, -0.1) is 0 Å². The van der Waals surface area contributed by atoms with Gasteiger partial charge in [0.15, 0.2) is 5.40 Å². The van der Waals surface area contributed by atoms with Crippen LogP contribution in [0.2, 0.25) is 0 Å². The Morgan fingerprint density at radius 1 is 1.00 bits per heavy atom. The zero-order chi connectivity index (χ0) is 19.3. The van der Waals surface area contributed by atoms with E-state index in [0.717, 1.165) is 18.4 Å². The van der Waals surface area contributed by atoms with E-state index in [0.29, 0.717) is 5.56 Å². The first-order valence-corrected chi connectivity index (χ1v) is 11.3. The van der Waals surface area contributed by atoms with Crippen LogP contribution in [-0.2, 0) is 15.6 Å². The maximum absolute atomic E-state index is 11.3. The van der Waals surface area contributed by atoms with E-state index in [4.69, 9.17) is 0 Å². The van der Waals surface area contributed by atoms with Crippen LogP contribution in [0.25, 0.3) is 6.08 Å². The Kier molecular flexibility index (Phi) is 8.01. The fourth-order valence-corrected chi connectivity index (χ4v) is 4.80. The van der Waals surface area contributed by atoms with Crippen molar-refractivity contribution in [3.8, 4) is 0 Å². The van der Waals surface area contributed by atoms with Crippen LogP contribution in [0.1, 0.15) is 44.7 Å². The lowest BCUT2D eigenvalue weighted by Gasteiger charge is -2.19. The average molecular weight is 388 g/mol. The molecule has 0 fully saturated rings. The highest BCUT2D eigenvalue weighted by Crippen LogP contribution is 2.60. The molecule has 25 heavy (non-hydrogen) atoms. The zero-order valence-corrected chi connectivity index (χ0v) is 16.5. The van der Waals surface area contributed by atoms with Gasteiger partial charge in [0, 0.05) is 0 Å². The van der Waals surface area contributed by atoms with Crippen molar-refractivity contribution in [2.45, 2.75) is 45.4 Å². The predicted molar refractivity (Wildman–Crippen MR) is 100 cm³/mol. The van der Waals surface area contributed by atoms with Crippen molar-refractivity contribution >= 4 is 21.3 Å². The first-order valence-electron chi connectivity index (χ1n) is 7.89. The molecule has 1 rings (SSSR count). The quantitative estimate of drug-likeness (QED) is 0.394. The molecule has 4 N–H and O–H groups in total. The molecule has 1 aromatic carbocycles. The first kappa shape index (κ1) is 22.0. The fourth-order valence-electron chi connectivity index (χ4n) is 2.34. The largest absolute Gasteiger partial charge is 0.341 e. The Balaban J connectivity index is 2.84. The van der Waals surface area contributed by atoms with E-state index in [1.54, 1.807) is 24.3 Å². The van der Waals surface area contributed by atoms with E-state index in [9.17, 15) is 28.7 Å². The molecule has 0 aromatic heterocycles. The van der Waals surface area contributed by atoms with Gasteiger partial charge in [-0.3, -0.25) is 9.13 Å². The van der Waals surface area contributed by atoms with Crippen molar-refractivity contribution in [1.82, 2.24) is 0 Å². The fraction of sp³-hybridized carbons (Fsp3) is 0.412. The van der Waals surface area contributed by atoms with Gasteiger partial charge in [0.25, 0.3) is 0 Å². The molecule has 8 heteroatoms. The minimum absolute atomic E-state index is 0.377. The van der Waals surface area contributed by atoms with Gasteiger partial charge in [0.05, 0.1) is 0 Å². The summed E-state index contributed by atoms with van der Waals surface area (Å²) in [6, 6.07) is 6.81. The second-order valence-corrected chi connectivity index (χ2v) is 10.4. The van der Waals surface area contributed by atoms with E-state index < -0.39 is 20.6 Å². The third-order valence-electron chi connectivity index (χ3n) is 3.68. The van der Waals surface area contributed by atoms with Gasteiger partial charge in [-0.25, -0.2) is 0 Å². The van der Waals surface area contributed by atoms with Crippen molar-refractivity contribution in [1.29, 1.82) is 0 Å². The summed E-state index contributed by atoms with van der Waals surface area (Å²) in [6.07, 6.45) is 5.72. The van der Waals surface area contributed by atoms with Crippen molar-refractivity contribution in [3.05, 3.63) is 52.6 Å². The summed E-state index contributed by atoms with van der Waals surface area (Å²) in [5.74, 6) is 0. The van der Waals surface area contributed by atoms with Gasteiger partial charge in [0.2, 0.25) is 0 Å². The Morgan fingerprint density at radius 3 is 1.96 bits per heavy atom. The van der Waals surface area contributed by atoms with Crippen LogP contribution in [0.4, 0.5) is 0 Å². The smallest absolute Gasteiger partial charge is 0.324 e. The summed E-state index contributed by atoms with van der Waals surface area (Å²) in [5, 5.41) is -2.01. The van der Waals surface area contributed by atoms with Crippen LogP contribution in [0.5, 0.6) is 0 Å². The molecule has 1 aromatic rings. The molecule has 0 bridgehead atoms. The highest BCUT2D eigenvalue weighted by Gasteiger charge is 2.43. The van der Waals surface area contributed by atoms with Crippen LogP contribution in [0.15, 0.2) is 41.5 Å². The maximum Gasteiger partial charge on any atom is 0.341 e. The third-order valence-corrected chi connectivity index (χ3v) is 7.40. The highest BCUT2D eigenvalue weighted by atomic mass is 31.2. The number of allylic oxidation sites excluding steroid dienone is 3. The Hall–Kier alpha value is -1.00. The molecule has 0 atom stereocenters. The minimum atomic E-state index is -4.90. The summed E-state index contributed by atoms with van der Waals surface area (Å²) in [5.41, 5.74) is 3.88. The topological polar surface area (TPSA) is 115 Å². The van der Waals surface area contributed by atoms with Crippen molar-refractivity contribution in [2.75, 3.05) is 0 Å². The summed E-state index contributed by atoms with van der Waals surface area (Å²) in [6.45, 7) is 6.14. The molecular weight excluding hydrogens is 362 g/mol. The van der Waals surface area contributed by atoms with E-state index in [1.165, 1.54) is 11.1 Å². The summed E-state index contributed by atoms with van der Waals surface area (Å²) in [4.78, 5) is 36.7. The lowest BCUT2D eigenvalue weighted by molar-refractivity contribution is 0.338. The van der Waals surface area contributed by atoms with Crippen LogP contribution >= 0.6 is 15.2 Å². The van der Waals surface area contributed by atoms with Crippen molar-refractivity contribution in [2.24, 2.45) is 0 Å². The molecule has 0 unspecified atom stereocenters. The average Bonchev–Trinajstić information content (AvgIpc) is 2.43. The number of benzene rings is 1. The monoisotopic (exact) mass is 388 g/mol. The van der Waals surface area contributed by atoms with Gasteiger partial charge in [0.1, 0.15) is 0 Å². The normalized spacial score (nSPS) is 13.2. The molecule has 0 aliphatic heterocycles. The van der Waals surface area contributed by atoms with E-state index in [2.05, 4.69) is 19.9 Å². The van der Waals surface area contributed by atoms with Crippen LogP contribution < -0.4 is 0 Å². The van der Waals surface area contributed by atoms with Gasteiger partial charge in [-0.1, -0.05) is 47.6 Å². The molecule has 0 saturated carbocycles. The SMILES string of the molecule is CC(C)=CCCC(C)=Cc1ccc(CC(P(=O)(O)O)P(=O)(O)O)cc1. The maximum atomic E-state index is 11.3. The Labute approximate surface area is 148 Å². The molecule has 0 saturated heterocycles.